The first-order chi connectivity index (χ1) is 11.2. The molecule has 0 bridgehead atoms. The van der Waals surface area contributed by atoms with Gasteiger partial charge in [0.2, 0.25) is 0 Å². The molecule has 0 aliphatic carbocycles. The molecule has 122 valence electrons. The molecule has 2 saturated heterocycles. The Morgan fingerprint density at radius 1 is 1.30 bits per heavy atom. The summed E-state index contributed by atoms with van der Waals surface area (Å²) >= 11 is 0. The number of rotatable bonds is 2. The second-order valence-electron chi connectivity index (χ2n) is 6.33. The van der Waals surface area contributed by atoms with Crippen LogP contribution in [0, 0.1) is 5.92 Å². The third-order valence-electron chi connectivity index (χ3n) is 4.46. The maximum atomic E-state index is 12.5. The molecule has 0 N–H and O–H groups in total. The minimum atomic E-state index is -0.149. The summed E-state index contributed by atoms with van der Waals surface area (Å²) in [7, 11) is 0. The zero-order chi connectivity index (χ0) is 15.8. The number of fused-ring (bicyclic) bond motifs is 1. The molecule has 2 aromatic rings. The van der Waals surface area contributed by atoms with E-state index in [1.54, 1.807) is 12.3 Å². The van der Waals surface area contributed by atoms with Crippen LogP contribution in [-0.4, -0.2) is 51.9 Å². The minimum absolute atomic E-state index is 0.149. The van der Waals surface area contributed by atoms with Crippen molar-refractivity contribution in [3.05, 3.63) is 24.2 Å². The van der Waals surface area contributed by atoms with Gasteiger partial charge < -0.3 is 9.30 Å². The largest absolute Gasteiger partial charge is 0.381 e. The summed E-state index contributed by atoms with van der Waals surface area (Å²) in [5.41, 5.74) is 2.09. The van der Waals surface area contributed by atoms with Gasteiger partial charge in [-0.3, -0.25) is 9.63 Å². The number of carbonyl (C=O) groups excluding carboxylic acids is 1. The van der Waals surface area contributed by atoms with Gasteiger partial charge in [0.1, 0.15) is 5.52 Å². The first kappa shape index (κ1) is 14.6. The highest BCUT2D eigenvalue weighted by Gasteiger charge is 2.26. The molecule has 4 rings (SSSR count). The maximum Gasteiger partial charge on any atom is 0.279 e. The number of hydroxylamine groups is 2. The topological polar surface area (TPSA) is 69.5 Å². The fourth-order valence-corrected chi connectivity index (χ4v) is 3.16. The van der Waals surface area contributed by atoms with Crippen molar-refractivity contribution >= 4 is 17.1 Å². The van der Waals surface area contributed by atoms with Crippen LogP contribution in [0.2, 0.25) is 0 Å². The van der Waals surface area contributed by atoms with E-state index in [9.17, 15) is 4.79 Å². The normalized spacial score (nSPS) is 22.8. The van der Waals surface area contributed by atoms with Crippen LogP contribution in [0.5, 0.6) is 0 Å². The maximum absolute atomic E-state index is 12.5. The van der Waals surface area contributed by atoms with E-state index in [0.717, 1.165) is 37.2 Å². The van der Waals surface area contributed by atoms with Crippen molar-refractivity contribution in [2.75, 3.05) is 26.4 Å². The first-order valence-electron chi connectivity index (χ1n) is 8.07. The predicted molar refractivity (Wildman–Crippen MR) is 82.8 cm³/mol. The number of imidazole rings is 1. The fraction of sp³-hybridized carbons (Fsp3) is 0.562. The lowest BCUT2D eigenvalue weighted by atomic mass is 10.1. The molecule has 1 unspecified atom stereocenters. The van der Waals surface area contributed by atoms with Crippen LogP contribution < -0.4 is 0 Å². The van der Waals surface area contributed by atoms with Gasteiger partial charge in [-0.25, -0.2) is 15.0 Å². The van der Waals surface area contributed by atoms with E-state index in [0.29, 0.717) is 30.7 Å². The molecular weight excluding hydrogens is 296 g/mol. The van der Waals surface area contributed by atoms with Crippen LogP contribution in [0.1, 0.15) is 36.2 Å². The number of carbonyl (C=O) groups is 1. The van der Waals surface area contributed by atoms with Gasteiger partial charge in [-0.15, -0.1) is 0 Å². The molecule has 4 heterocycles. The van der Waals surface area contributed by atoms with E-state index < -0.39 is 0 Å². The SMILES string of the molecule is CC1CON(C(=O)c2cnc3c(c2)ncn3C2CCOCC2)C1. The molecule has 2 aliphatic rings. The monoisotopic (exact) mass is 316 g/mol. The molecule has 7 heteroatoms. The van der Waals surface area contributed by atoms with Gasteiger partial charge in [0.25, 0.3) is 5.91 Å². The molecular formula is C16H20N4O3. The average Bonchev–Trinajstić information content (AvgIpc) is 3.20. The van der Waals surface area contributed by atoms with Crippen molar-refractivity contribution in [2.24, 2.45) is 5.92 Å². The van der Waals surface area contributed by atoms with Crippen LogP contribution in [0.15, 0.2) is 18.6 Å². The average molecular weight is 316 g/mol. The van der Waals surface area contributed by atoms with Gasteiger partial charge in [-0.05, 0) is 18.9 Å². The Labute approximate surface area is 134 Å². The molecule has 1 amide bonds. The molecule has 1 atom stereocenters. The van der Waals surface area contributed by atoms with Gasteiger partial charge in [-0.2, -0.15) is 0 Å². The fourth-order valence-electron chi connectivity index (χ4n) is 3.16. The Kier molecular flexibility index (Phi) is 3.74. The highest BCUT2D eigenvalue weighted by atomic mass is 16.7. The predicted octanol–water partition coefficient (Wildman–Crippen LogP) is 1.81. The highest BCUT2D eigenvalue weighted by Crippen LogP contribution is 2.25. The Hall–Kier alpha value is -1.99. The summed E-state index contributed by atoms with van der Waals surface area (Å²) in [6.45, 7) is 4.80. The van der Waals surface area contributed by atoms with E-state index in [1.807, 2.05) is 6.33 Å². The zero-order valence-corrected chi connectivity index (χ0v) is 13.1. The van der Waals surface area contributed by atoms with Crippen LogP contribution in [0.4, 0.5) is 0 Å². The van der Waals surface area contributed by atoms with Gasteiger partial charge in [0.15, 0.2) is 5.65 Å². The summed E-state index contributed by atoms with van der Waals surface area (Å²) < 4.78 is 7.51. The number of aromatic nitrogens is 3. The lowest BCUT2D eigenvalue weighted by Gasteiger charge is -2.23. The lowest BCUT2D eigenvalue weighted by molar-refractivity contribution is -0.0772. The third kappa shape index (κ3) is 2.70. The van der Waals surface area contributed by atoms with Crippen LogP contribution in [0.3, 0.4) is 0 Å². The summed E-state index contributed by atoms with van der Waals surface area (Å²) in [6, 6.07) is 2.16. The third-order valence-corrected chi connectivity index (χ3v) is 4.46. The van der Waals surface area contributed by atoms with Crippen LogP contribution >= 0.6 is 0 Å². The molecule has 7 nitrogen and oxygen atoms in total. The van der Waals surface area contributed by atoms with Crippen LogP contribution in [-0.2, 0) is 9.57 Å². The number of hydrogen-bond donors (Lipinski definition) is 0. The molecule has 2 fully saturated rings. The summed E-state index contributed by atoms with van der Waals surface area (Å²) in [4.78, 5) is 26.8. The van der Waals surface area contributed by atoms with Crippen molar-refractivity contribution in [1.29, 1.82) is 0 Å². The van der Waals surface area contributed by atoms with E-state index in [-0.39, 0.29) is 5.91 Å². The number of pyridine rings is 1. The number of hydrogen-bond acceptors (Lipinski definition) is 5. The number of amides is 1. The summed E-state index contributed by atoms with van der Waals surface area (Å²) in [5.74, 6) is 0.215. The Bertz CT molecular complexity index is 723. The molecule has 2 aliphatic heterocycles. The summed E-state index contributed by atoms with van der Waals surface area (Å²) in [6.07, 6.45) is 5.37. The van der Waals surface area contributed by atoms with E-state index in [4.69, 9.17) is 9.57 Å². The van der Waals surface area contributed by atoms with Crippen molar-refractivity contribution < 1.29 is 14.4 Å². The standard InChI is InChI=1S/C16H20N4O3/c1-11-8-20(23-9-11)16(21)12-6-14-15(17-7-12)19(10-18-14)13-2-4-22-5-3-13/h6-7,10-11,13H,2-5,8-9H2,1H3. The smallest absolute Gasteiger partial charge is 0.279 e. The van der Waals surface area contributed by atoms with Gasteiger partial charge >= 0.3 is 0 Å². The molecule has 23 heavy (non-hydrogen) atoms. The van der Waals surface area contributed by atoms with Crippen molar-refractivity contribution in [3.8, 4) is 0 Å². The van der Waals surface area contributed by atoms with E-state index in [1.165, 1.54) is 5.06 Å². The number of ether oxygens (including phenoxy) is 1. The highest BCUT2D eigenvalue weighted by molar-refractivity contribution is 5.95. The Morgan fingerprint density at radius 3 is 2.87 bits per heavy atom. The van der Waals surface area contributed by atoms with Gasteiger partial charge in [0, 0.05) is 31.4 Å². The van der Waals surface area contributed by atoms with E-state index in [2.05, 4.69) is 21.5 Å². The Morgan fingerprint density at radius 2 is 2.13 bits per heavy atom. The zero-order valence-electron chi connectivity index (χ0n) is 13.1. The van der Waals surface area contributed by atoms with Crippen molar-refractivity contribution in [2.45, 2.75) is 25.8 Å². The van der Waals surface area contributed by atoms with Crippen LogP contribution in [0.25, 0.3) is 11.2 Å². The molecule has 0 saturated carbocycles. The van der Waals surface area contributed by atoms with Gasteiger partial charge in [0.05, 0.1) is 25.0 Å². The van der Waals surface area contributed by atoms with Crippen molar-refractivity contribution in [3.63, 3.8) is 0 Å². The molecule has 0 spiro atoms. The van der Waals surface area contributed by atoms with Crippen molar-refractivity contribution in [1.82, 2.24) is 19.6 Å². The Balaban J connectivity index is 1.60. The van der Waals surface area contributed by atoms with Gasteiger partial charge in [-0.1, -0.05) is 6.92 Å². The first-order valence-corrected chi connectivity index (χ1v) is 8.07. The lowest BCUT2D eigenvalue weighted by Crippen LogP contribution is -2.27. The second kappa shape index (κ2) is 5.90. The molecule has 0 radical (unpaired) electrons. The van der Waals surface area contributed by atoms with E-state index >= 15 is 0 Å². The quantitative estimate of drug-likeness (QED) is 0.845. The number of nitrogens with zero attached hydrogens (tertiary/aromatic N) is 4. The molecule has 0 aromatic carbocycles. The minimum Gasteiger partial charge on any atom is -0.381 e. The molecule has 2 aromatic heterocycles. The second-order valence-corrected chi connectivity index (χ2v) is 6.33. The summed E-state index contributed by atoms with van der Waals surface area (Å²) in [5, 5.41) is 1.42.